The van der Waals surface area contributed by atoms with Crippen LogP contribution in [0, 0.1) is 20.8 Å². The smallest absolute Gasteiger partial charge is 0.133 e. The summed E-state index contributed by atoms with van der Waals surface area (Å²) in [4.78, 5) is 13.6. The van der Waals surface area contributed by atoms with E-state index in [0.29, 0.717) is 6.54 Å². The van der Waals surface area contributed by atoms with Crippen molar-refractivity contribution in [3.05, 3.63) is 69.1 Å². The molecule has 0 amide bonds. The lowest BCUT2D eigenvalue weighted by atomic mass is 10.0. The van der Waals surface area contributed by atoms with E-state index in [1.807, 2.05) is 26.8 Å². The molecular formula is C18H20N4S. The first-order chi connectivity index (χ1) is 11.1. The maximum absolute atomic E-state index is 4.61. The van der Waals surface area contributed by atoms with Gasteiger partial charge in [0.05, 0.1) is 17.2 Å². The molecule has 0 saturated heterocycles. The Labute approximate surface area is 140 Å². The SMILES string of the molecule is Cc1nc(C)c(Cc2ccccc2)c(NCc2csc(C)n2)n1. The Morgan fingerprint density at radius 3 is 2.48 bits per heavy atom. The summed E-state index contributed by atoms with van der Waals surface area (Å²) in [7, 11) is 0. The molecule has 0 bridgehead atoms. The minimum atomic E-state index is 0.683. The summed E-state index contributed by atoms with van der Waals surface area (Å²) < 4.78 is 0. The zero-order valence-corrected chi connectivity index (χ0v) is 14.4. The third kappa shape index (κ3) is 3.93. The third-order valence-electron chi connectivity index (χ3n) is 3.65. The molecule has 2 aromatic heterocycles. The molecule has 0 fully saturated rings. The second kappa shape index (κ2) is 6.87. The number of aryl methyl sites for hydroxylation is 3. The predicted octanol–water partition coefficient (Wildman–Crippen LogP) is 4.06. The Morgan fingerprint density at radius 1 is 1.00 bits per heavy atom. The van der Waals surface area contributed by atoms with Gasteiger partial charge in [0.25, 0.3) is 0 Å². The van der Waals surface area contributed by atoms with Crippen LogP contribution in [0.5, 0.6) is 0 Å². The van der Waals surface area contributed by atoms with Crippen molar-refractivity contribution in [2.24, 2.45) is 0 Å². The topological polar surface area (TPSA) is 50.7 Å². The van der Waals surface area contributed by atoms with Crippen molar-refractivity contribution in [1.82, 2.24) is 15.0 Å². The summed E-state index contributed by atoms with van der Waals surface area (Å²) in [6.07, 6.45) is 0.825. The molecule has 0 unspecified atom stereocenters. The van der Waals surface area contributed by atoms with Crippen molar-refractivity contribution in [2.45, 2.75) is 33.7 Å². The number of nitrogens with one attached hydrogen (secondary N) is 1. The fraction of sp³-hybridized carbons (Fsp3) is 0.278. The highest BCUT2D eigenvalue weighted by Gasteiger charge is 2.11. The van der Waals surface area contributed by atoms with Gasteiger partial charge in [-0.2, -0.15) is 0 Å². The van der Waals surface area contributed by atoms with Crippen LogP contribution in [-0.2, 0) is 13.0 Å². The van der Waals surface area contributed by atoms with Crippen molar-refractivity contribution < 1.29 is 0 Å². The van der Waals surface area contributed by atoms with E-state index in [1.165, 1.54) is 5.56 Å². The van der Waals surface area contributed by atoms with Gasteiger partial charge in [0.15, 0.2) is 0 Å². The summed E-state index contributed by atoms with van der Waals surface area (Å²) >= 11 is 1.67. The van der Waals surface area contributed by atoms with Crippen molar-refractivity contribution in [3.63, 3.8) is 0 Å². The Kier molecular flexibility index (Phi) is 4.67. The average Bonchev–Trinajstić information content (AvgIpc) is 2.95. The van der Waals surface area contributed by atoms with Crippen LogP contribution in [0.1, 0.15) is 33.3 Å². The number of nitrogens with zero attached hydrogens (tertiary/aromatic N) is 3. The minimum absolute atomic E-state index is 0.683. The third-order valence-corrected chi connectivity index (χ3v) is 4.48. The molecule has 3 rings (SSSR count). The summed E-state index contributed by atoms with van der Waals surface area (Å²) in [5, 5.41) is 6.61. The Bertz CT molecular complexity index is 796. The molecule has 0 aliphatic heterocycles. The summed E-state index contributed by atoms with van der Waals surface area (Å²) in [6, 6.07) is 10.4. The average molecular weight is 324 g/mol. The molecule has 0 aliphatic carbocycles. The first-order valence-electron chi connectivity index (χ1n) is 7.65. The molecule has 0 aliphatic rings. The van der Waals surface area contributed by atoms with Gasteiger partial charge in [0.2, 0.25) is 0 Å². The monoisotopic (exact) mass is 324 g/mol. The molecule has 3 aromatic rings. The summed E-state index contributed by atoms with van der Waals surface area (Å²) in [5.41, 5.74) is 4.48. The van der Waals surface area contributed by atoms with Gasteiger partial charge in [-0.15, -0.1) is 11.3 Å². The van der Waals surface area contributed by atoms with E-state index in [1.54, 1.807) is 11.3 Å². The number of aromatic nitrogens is 3. The van der Waals surface area contributed by atoms with Gasteiger partial charge in [-0.3, -0.25) is 0 Å². The molecule has 4 nitrogen and oxygen atoms in total. The molecule has 0 saturated carbocycles. The van der Waals surface area contributed by atoms with Gasteiger partial charge in [-0.25, -0.2) is 15.0 Å². The van der Waals surface area contributed by atoms with Gasteiger partial charge in [-0.05, 0) is 26.3 Å². The molecular weight excluding hydrogens is 304 g/mol. The molecule has 0 radical (unpaired) electrons. The number of hydrogen-bond acceptors (Lipinski definition) is 5. The van der Waals surface area contributed by atoms with E-state index >= 15 is 0 Å². The number of benzene rings is 1. The maximum atomic E-state index is 4.61. The quantitative estimate of drug-likeness (QED) is 0.769. The van der Waals surface area contributed by atoms with E-state index in [0.717, 1.165) is 40.0 Å². The maximum Gasteiger partial charge on any atom is 0.133 e. The van der Waals surface area contributed by atoms with E-state index < -0.39 is 0 Å². The Balaban J connectivity index is 1.85. The molecule has 2 heterocycles. The molecule has 23 heavy (non-hydrogen) atoms. The Hall–Kier alpha value is -2.27. The van der Waals surface area contributed by atoms with Gasteiger partial charge >= 0.3 is 0 Å². The molecule has 0 spiro atoms. The number of hydrogen-bond donors (Lipinski definition) is 1. The number of anilines is 1. The highest BCUT2D eigenvalue weighted by atomic mass is 32.1. The fourth-order valence-corrected chi connectivity index (χ4v) is 3.17. The molecule has 118 valence electrons. The van der Waals surface area contributed by atoms with E-state index in [4.69, 9.17) is 0 Å². The molecule has 5 heteroatoms. The van der Waals surface area contributed by atoms with Crippen molar-refractivity contribution in [3.8, 4) is 0 Å². The largest absolute Gasteiger partial charge is 0.364 e. The Morgan fingerprint density at radius 2 is 1.78 bits per heavy atom. The van der Waals surface area contributed by atoms with Crippen LogP contribution < -0.4 is 5.32 Å². The number of thiazole rings is 1. The predicted molar refractivity (Wildman–Crippen MR) is 94.9 cm³/mol. The van der Waals surface area contributed by atoms with Crippen LogP contribution in [0.4, 0.5) is 5.82 Å². The lowest BCUT2D eigenvalue weighted by molar-refractivity contribution is 0.938. The van der Waals surface area contributed by atoms with Gasteiger partial charge < -0.3 is 5.32 Å². The van der Waals surface area contributed by atoms with Crippen LogP contribution in [0.2, 0.25) is 0 Å². The lowest BCUT2D eigenvalue weighted by Gasteiger charge is -2.13. The zero-order valence-electron chi connectivity index (χ0n) is 13.6. The van der Waals surface area contributed by atoms with Gasteiger partial charge in [0.1, 0.15) is 11.6 Å². The highest BCUT2D eigenvalue weighted by Crippen LogP contribution is 2.21. The minimum Gasteiger partial charge on any atom is -0.364 e. The van der Waals surface area contributed by atoms with E-state index in [9.17, 15) is 0 Å². The van der Waals surface area contributed by atoms with Crippen LogP contribution in [0.25, 0.3) is 0 Å². The second-order valence-electron chi connectivity index (χ2n) is 5.56. The molecule has 1 aromatic carbocycles. The fourth-order valence-electron chi connectivity index (χ4n) is 2.56. The standard InChI is InChI=1S/C18H20N4S/c1-12-17(9-15-7-5-4-6-8-15)18(21-13(2)20-12)19-10-16-11-23-14(3)22-16/h4-8,11H,9-10H2,1-3H3,(H,19,20,21). The van der Waals surface area contributed by atoms with E-state index in [2.05, 4.69) is 49.9 Å². The van der Waals surface area contributed by atoms with Crippen LogP contribution in [0.3, 0.4) is 0 Å². The normalized spacial score (nSPS) is 10.7. The lowest BCUT2D eigenvalue weighted by Crippen LogP contribution is -2.09. The number of rotatable bonds is 5. The van der Waals surface area contributed by atoms with Crippen molar-refractivity contribution in [1.29, 1.82) is 0 Å². The first-order valence-corrected chi connectivity index (χ1v) is 8.52. The van der Waals surface area contributed by atoms with Crippen molar-refractivity contribution in [2.75, 3.05) is 5.32 Å². The van der Waals surface area contributed by atoms with Crippen LogP contribution in [0.15, 0.2) is 35.7 Å². The van der Waals surface area contributed by atoms with Crippen LogP contribution >= 0.6 is 11.3 Å². The van der Waals surface area contributed by atoms with Gasteiger partial charge in [0, 0.05) is 23.1 Å². The molecule has 0 atom stereocenters. The second-order valence-corrected chi connectivity index (χ2v) is 6.62. The summed E-state index contributed by atoms with van der Waals surface area (Å²) in [6.45, 7) is 6.68. The highest BCUT2D eigenvalue weighted by molar-refractivity contribution is 7.09. The summed E-state index contributed by atoms with van der Waals surface area (Å²) in [5.74, 6) is 1.70. The van der Waals surface area contributed by atoms with Gasteiger partial charge in [-0.1, -0.05) is 30.3 Å². The zero-order chi connectivity index (χ0) is 16.2. The van der Waals surface area contributed by atoms with Crippen LogP contribution in [-0.4, -0.2) is 15.0 Å². The first kappa shape index (κ1) is 15.6. The van der Waals surface area contributed by atoms with E-state index in [-0.39, 0.29) is 0 Å². The molecule has 1 N–H and O–H groups in total. The van der Waals surface area contributed by atoms with Crippen molar-refractivity contribution >= 4 is 17.2 Å².